The number of carbonyl (C=O) groups excluding carboxylic acids is 2. The van der Waals surface area contributed by atoms with E-state index in [9.17, 15) is 9.59 Å². The first-order valence-corrected chi connectivity index (χ1v) is 7.54. The van der Waals surface area contributed by atoms with E-state index in [0.717, 1.165) is 4.47 Å². The second-order valence-electron chi connectivity index (χ2n) is 4.15. The zero-order valence-corrected chi connectivity index (χ0v) is 14.2. The standard InChI is InChI=1S/C15H11Br2NO3/c1-21-15(20)9-3-2-4-11(7-9)18-14(19)12-6-5-10(16)8-13(12)17/h2-8H,1H3,(H,18,19). The Morgan fingerprint density at radius 2 is 1.86 bits per heavy atom. The minimum absolute atomic E-state index is 0.267. The Kier molecular flexibility index (Phi) is 5.14. The smallest absolute Gasteiger partial charge is 0.337 e. The van der Waals surface area contributed by atoms with E-state index in [-0.39, 0.29) is 5.91 Å². The van der Waals surface area contributed by atoms with Gasteiger partial charge in [-0.1, -0.05) is 22.0 Å². The molecule has 0 aromatic heterocycles. The molecule has 6 heteroatoms. The van der Waals surface area contributed by atoms with Crippen LogP contribution in [0.1, 0.15) is 20.7 Å². The predicted octanol–water partition coefficient (Wildman–Crippen LogP) is 4.25. The van der Waals surface area contributed by atoms with E-state index in [0.29, 0.717) is 21.3 Å². The zero-order valence-electron chi connectivity index (χ0n) is 11.0. The van der Waals surface area contributed by atoms with E-state index in [4.69, 9.17) is 0 Å². The van der Waals surface area contributed by atoms with Crippen molar-refractivity contribution < 1.29 is 14.3 Å². The van der Waals surface area contributed by atoms with Gasteiger partial charge in [-0.05, 0) is 52.3 Å². The highest BCUT2D eigenvalue weighted by Crippen LogP contribution is 2.23. The molecule has 0 saturated heterocycles. The molecule has 0 aliphatic rings. The zero-order chi connectivity index (χ0) is 15.4. The molecule has 0 bridgehead atoms. The first-order chi connectivity index (χ1) is 10.0. The summed E-state index contributed by atoms with van der Waals surface area (Å²) in [4.78, 5) is 23.7. The van der Waals surface area contributed by atoms with Gasteiger partial charge >= 0.3 is 5.97 Å². The van der Waals surface area contributed by atoms with E-state index < -0.39 is 5.97 Å². The topological polar surface area (TPSA) is 55.4 Å². The van der Waals surface area contributed by atoms with Crippen LogP contribution in [0.3, 0.4) is 0 Å². The van der Waals surface area contributed by atoms with Crippen molar-refractivity contribution in [1.82, 2.24) is 0 Å². The number of benzene rings is 2. The molecular weight excluding hydrogens is 402 g/mol. The van der Waals surface area contributed by atoms with Gasteiger partial charge in [-0.3, -0.25) is 4.79 Å². The van der Waals surface area contributed by atoms with Gasteiger partial charge in [-0.25, -0.2) is 4.79 Å². The van der Waals surface area contributed by atoms with E-state index in [1.807, 2.05) is 0 Å². The molecule has 0 aliphatic heterocycles. The summed E-state index contributed by atoms with van der Waals surface area (Å²) in [6, 6.07) is 11.8. The molecule has 2 rings (SSSR count). The average Bonchev–Trinajstić information content (AvgIpc) is 2.46. The molecule has 21 heavy (non-hydrogen) atoms. The van der Waals surface area contributed by atoms with Gasteiger partial charge in [0.25, 0.3) is 5.91 Å². The Balaban J connectivity index is 2.21. The Hall–Kier alpha value is -1.66. The van der Waals surface area contributed by atoms with Gasteiger partial charge in [-0.15, -0.1) is 0 Å². The van der Waals surface area contributed by atoms with E-state index in [1.165, 1.54) is 7.11 Å². The van der Waals surface area contributed by atoms with Crippen LogP contribution in [0.2, 0.25) is 0 Å². The predicted molar refractivity (Wildman–Crippen MR) is 87.6 cm³/mol. The molecule has 0 spiro atoms. The lowest BCUT2D eigenvalue weighted by Crippen LogP contribution is -2.13. The fourth-order valence-corrected chi connectivity index (χ4v) is 2.94. The molecule has 0 fully saturated rings. The molecule has 1 amide bonds. The highest BCUT2D eigenvalue weighted by Gasteiger charge is 2.12. The first-order valence-electron chi connectivity index (χ1n) is 5.96. The minimum atomic E-state index is -0.448. The van der Waals surface area contributed by atoms with Crippen molar-refractivity contribution in [2.24, 2.45) is 0 Å². The largest absolute Gasteiger partial charge is 0.465 e. The molecule has 0 atom stereocenters. The summed E-state index contributed by atoms with van der Waals surface area (Å²) < 4.78 is 6.20. The fourth-order valence-electron chi connectivity index (χ4n) is 1.71. The van der Waals surface area contributed by atoms with Crippen LogP contribution in [0.4, 0.5) is 5.69 Å². The molecule has 0 saturated carbocycles. The van der Waals surface area contributed by atoms with E-state index in [2.05, 4.69) is 41.9 Å². The monoisotopic (exact) mass is 411 g/mol. The van der Waals surface area contributed by atoms with Crippen molar-refractivity contribution in [3.05, 3.63) is 62.5 Å². The molecule has 2 aromatic carbocycles. The number of halogens is 2. The Bertz CT molecular complexity index is 701. The molecule has 0 aliphatic carbocycles. The Labute approximate surface area is 138 Å². The Morgan fingerprint density at radius 1 is 1.10 bits per heavy atom. The van der Waals surface area contributed by atoms with E-state index in [1.54, 1.807) is 42.5 Å². The molecule has 0 heterocycles. The number of nitrogens with one attached hydrogen (secondary N) is 1. The van der Waals surface area contributed by atoms with Crippen LogP contribution in [0.25, 0.3) is 0 Å². The van der Waals surface area contributed by atoms with Crippen LogP contribution in [0.15, 0.2) is 51.4 Å². The third-order valence-electron chi connectivity index (χ3n) is 2.72. The number of ether oxygens (including phenoxy) is 1. The summed E-state index contributed by atoms with van der Waals surface area (Å²) in [5.74, 6) is -0.715. The summed E-state index contributed by atoms with van der Waals surface area (Å²) >= 11 is 6.68. The van der Waals surface area contributed by atoms with Gasteiger partial charge in [0.05, 0.1) is 18.2 Å². The van der Waals surface area contributed by atoms with Crippen molar-refractivity contribution in [3.63, 3.8) is 0 Å². The van der Waals surface area contributed by atoms with Gasteiger partial charge < -0.3 is 10.1 Å². The third kappa shape index (κ3) is 3.92. The maximum Gasteiger partial charge on any atom is 0.337 e. The number of amides is 1. The minimum Gasteiger partial charge on any atom is -0.465 e. The normalized spacial score (nSPS) is 10.0. The highest BCUT2D eigenvalue weighted by atomic mass is 79.9. The second kappa shape index (κ2) is 6.87. The second-order valence-corrected chi connectivity index (χ2v) is 5.92. The van der Waals surface area contributed by atoms with Gasteiger partial charge in [0.15, 0.2) is 0 Å². The van der Waals surface area contributed by atoms with Crippen LogP contribution in [-0.2, 0) is 4.74 Å². The van der Waals surface area contributed by atoms with Crippen molar-refractivity contribution in [2.45, 2.75) is 0 Å². The summed E-state index contributed by atoms with van der Waals surface area (Å²) in [6.45, 7) is 0. The number of hydrogen-bond donors (Lipinski definition) is 1. The van der Waals surface area contributed by atoms with Gasteiger partial charge in [-0.2, -0.15) is 0 Å². The lowest BCUT2D eigenvalue weighted by molar-refractivity contribution is 0.0600. The number of anilines is 1. The molecule has 108 valence electrons. The van der Waals surface area contributed by atoms with Crippen molar-refractivity contribution in [3.8, 4) is 0 Å². The summed E-state index contributed by atoms with van der Waals surface area (Å²) in [5.41, 5.74) is 1.41. The highest BCUT2D eigenvalue weighted by molar-refractivity contribution is 9.11. The van der Waals surface area contributed by atoms with Crippen LogP contribution in [0, 0.1) is 0 Å². The quantitative estimate of drug-likeness (QED) is 0.766. The molecule has 0 radical (unpaired) electrons. The molecule has 2 aromatic rings. The Morgan fingerprint density at radius 3 is 2.52 bits per heavy atom. The van der Waals surface area contributed by atoms with Gasteiger partial charge in [0, 0.05) is 14.6 Å². The van der Waals surface area contributed by atoms with Gasteiger partial charge in [0.1, 0.15) is 0 Å². The van der Waals surface area contributed by atoms with Crippen LogP contribution < -0.4 is 5.32 Å². The summed E-state index contributed by atoms with van der Waals surface area (Å²) in [6.07, 6.45) is 0. The van der Waals surface area contributed by atoms with Crippen molar-refractivity contribution in [1.29, 1.82) is 0 Å². The van der Waals surface area contributed by atoms with Crippen LogP contribution in [-0.4, -0.2) is 19.0 Å². The molecule has 1 N–H and O–H groups in total. The molecule has 0 unspecified atom stereocenters. The number of esters is 1. The fraction of sp³-hybridized carbons (Fsp3) is 0.0667. The van der Waals surface area contributed by atoms with Crippen LogP contribution in [0.5, 0.6) is 0 Å². The lowest BCUT2D eigenvalue weighted by Gasteiger charge is -2.08. The number of hydrogen-bond acceptors (Lipinski definition) is 3. The number of carbonyl (C=O) groups is 2. The first kappa shape index (κ1) is 15.7. The molecule has 4 nitrogen and oxygen atoms in total. The molecular formula is C15H11Br2NO3. The summed E-state index contributed by atoms with van der Waals surface area (Å²) in [7, 11) is 1.31. The van der Waals surface area contributed by atoms with Crippen molar-refractivity contribution in [2.75, 3.05) is 12.4 Å². The van der Waals surface area contributed by atoms with Crippen LogP contribution >= 0.6 is 31.9 Å². The lowest BCUT2D eigenvalue weighted by atomic mass is 10.1. The number of rotatable bonds is 3. The number of methoxy groups -OCH3 is 1. The maximum atomic E-state index is 12.2. The van der Waals surface area contributed by atoms with Gasteiger partial charge in [0.2, 0.25) is 0 Å². The average molecular weight is 413 g/mol. The third-order valence-corrected chi connectivity index (χ3v) is 3.87. The van der Waals surface area contributed by atoms with Crippen molar-refractivity contribution >= 4 is 49.4 Å². The van der Waals surface area contributed by atoms with E-state index >= 15 is 0 Å². The maximum absolute atomic E-state index is 12.2. The summed E-state index contributed by atoms with van der Waals surface area (Å²) in [5, 5.41) is 2.75. The SMILES string of the molecule is COC(=O)c1cccc(NC(=O)c2ccc(Br)cc2Br)c1.